The first-order chi connectivity index (χ1) is 12.1. The lowest BCUT2D eigenvalue weighted by atomic mass is 10.0. The Morgan fingerprint density at radius 3 is 2.36 bits per heavy atom. The lowest BCUT2D eigenvalue weighted by Gasteiger charge is -2.36. The Labute approximate surface area is 148 Å². The molecule has 0 spiro atoms. The molecule has 0 aromatic heterocycles. The number of β-amino-alcohol motifs (C(OH)–C–C–N with tert-alkyl or cyclic N) is 1. The molecule has 3 rings (SSSR count). The quantitative estimate of drug-likeness (QED) is 0.896. The molecule has 2 aromatic rings. The highest BCUT2D eigenvalue weighted by molar-refractivity contribution is 5.96. The monoisotopic (exact) mass is 340 g/mol. The highest BCUT2D eigenvalue weighted by Crippen LogP contribution is 2.21. The maximum Gasteiger partial charge on any atom is 0.257 e. The number of rotatable bonds is 4. The van der Waals surface area contributed by atoms with Crippen molar-refractivity contribution >= 4 is 5.91 Å². The summed E-state index contributed by atoms with van der Waals surface area (Å²) >= 11 is 0. The highest BCUT2D eigenvalue weighted by atomic mass is 16.3. The van der Waals surface area contributed by atoms with Gasteiger partial charge in [0.1, 0.15) is 5.75 Å². The summed E-state index contributed by atoms with van der Waals surface area (Å²) in [6, 6.07) is 14.5. The molecule has 5 nitrogen and oxygen atoms in total. The van der Waals surface area contributed by atoms with Gasteiger partial charge in [0.25, 0.3) is 5.91 Å². The summed E-state index contributed by atoms with van der Waals surface area (Å²) < 4.78 is 0. The van der Waals surface area contributed by atoms with Crippen molar-refractivity contribution in [2.75, 3.05) is 32.7 Å². The van der Waals surface area contributed by atoms with Gasteiger partial charge in [-0.25, -0.2) is 0 Å². The third kappa shape index (κ3) is 4.00. The van der Waals surface area contributed by atoms with E-state index in [2.05, 4.69) is 4.90 Å². The molecule has 132 valence electrons. The van der Waals surface area contributed by atoms with Gasteiger partial charge in [0.15, 0.2) is 0 Å². The van der Waals surface area contributed by atoms with Crippen molar-refractivity contribution in [3.63, 3.8) is 0 Å². The molecule has 1 saturated heterocycles. The maximum atomic E-state index is 12.5. The van der Waals surface area contributed by atoms with Gasteiger partial charge in [-0.1, -0.05) is 36.4 Å². The fourth-order valence-corrected chi connectivity index (χ4v) is 3.26. The largest absolute Gasteiger partial charge is 0.507 e. The van der Waals surface area contributed by atoms with E-state index in [0.717, 1.165) is 11.1 Å². The molecule has 0 bridgehead atoms. The molecule has 5 heteroatoms. The predicted molar refractivity (Wildman–Crippen MR) is 96.6 cm³/mol. The minimum atomic E-state index is -0.526. The number of aryl methyl sites for hydroxylation is 1. The normalized spacial score (nSPS) is 16.6. The highest BCUT2D eigenvalue weighted by Gasteiger charge is 2.25. The van der Waals surface area contributed by atoms with E-state index in [0.29, 0.717) is 38.3 Å². The summed E-state index contributed by atoms with van der Waals surface area (Å²) in [6.45, 7) is 5.16. The van der Waals surface area contributed by atoms with Gasteiger partial charge in [0.2, 0.25) is 0 Å². The second kappa shape index (κ2) is 7.68. The van der Waals surface area contributed by atoms with Gasteiger partial charge in [0, 0.05) is 32.7 Å². The van der Waals surface area contributed by atoms with E-state index in [1.807, 2.05) is 31.2 Å². The van der Waals surface area contributed by atoms with E-state index in [-0.39, 0.29) is 11.7 Å². The zero-order valence-corrected chi connectivity index (χ0v) is 14.4. The van der Waals surface area contributed by atoms with Gasteiger partial charge in [-0.2, -0.15) is 0 Å². The Bertz CT molecular complexity index is 739. The molecule has 0 unspecified atom stereocenters. The van der Waals surface area contributed by atoms with Crippen LogP contribution in [-0.4, -0.2) is 58.6 Å². The molecule has 0 aliphatic carbocycles. The SMILES string of the molecule is Cc1ccccc1[C@H](O)CN1CCN(C(=O)c2ccccc2O)CC1. The van der Waals surface area contributed by atoms with Crippen LogP contribution in [0.2, 0.25) is 0 Å². The molecular formula is C20H24N2O3. The second-order valence-corrected chi connectivity index (χ2v) is 6.48. The van der Waals surface area contributed by atoms with Crippen LogP contribution in [-0.2, 0) is 0 Å². The molecule has 0 radical (unpaired) electrons. The van der Waals surface area contributed by atoms with E-state index in [1.54, 1.807) is 23.1 Å². The number of para-hydroxylation sites is 1. The van der Waals surface area contributed by atoms with Gasteiger partial charge in [-0.3, -0.25) is 9.69 Å². The molecule has 1 heterocycles. The summed E-state index contributed by atoms with van der Waals surface area (Å²) in [4.78, 5) is 16.4. The number of phenolic OH excluding ortho intramolecular Hbond substituents is 1. The summed E-state index contributed by atoms with van der Waals surface area (Å²) in [5, 5.41) is 20.3. The van der Waals surface area contributed by atoms with Crippen molar-refractivity contribution in [2.24, 2.45) is 0 Å². The summed E-state index contributed by atoms with van der Waals surface area (Å²) in [7, 11) is 0. The van der Waals surface area contributed by atoms with Crippen LogP contribution in [0, 0.1) is 6.92 Å². The average molecular weight is 340 g/mol. The lowest BCUT2D eigenvalue weighted by Crippen LogP contribution is -2.49. The number of aliphatic hydroxyl groups excluding tert-OH is 1. The standard InChI is InChI=1S/C20H24N2O3/c1-15-6-2-3-7-16(15)19(24)14-21-10-12-22(13-11-21)20(25)17-8-4-5-9-18(17)23/h2-9,19,23-24H,10-14H2,1H3/t19-/m1/s1. The molecule has 0 saturated carbocycles. The molecule has 1 amide bonds. The van der Waals surface area contributed by atoms with Crippen LogP contribution in [0.1, 0.15) is 27.6 Å². The number of aliphatic hydroxyl groups is 1. The van der Waals surface area contributed by atoms with Crippen LogP contribution < -0.4 is 0 Å². The van der Waals surface area contributed by atoms with E-state index in [4.69, 9.17) is 0 Å². The first kappa shape index (κ1) is 17.5. The van der Waals surface area contributed by atoms with Gasteiger partial charge in [-0.15, -0.1) is 0 Å². The predicted octanol–water partition coefficient (Wildman–Crippen LogP) is 2.19. The third-order valence-corrected chi connectivity index (χ3v) is 4.77. The average Bonchev–Trinajstić information content (AvgIpc) is 2.62. The minimum absolute atomic E-state index is 0.0184. The van der Waals surface area contributed by atoms with Crippen LogP contribution in [0.5, 0.6) is 5.75 Å². The Hall–Kier alpha value is -2.37. The summed E-state index contributed by atoms with van der Waals surface area (Å²) in [5.74, 6) is -0.123. The van der Waals surface area contributed by atoms with Crippen molar-refractivity contribution < 1.29 is 15.0 Å². The third-order valence-electron chi connectivity index (χ3n) is 4.77. The summed E-state index contributed by atoms with van der Waals surface area (Å²) in [5.41, 5.74) is 2.38. The van der Waals surface area contributed by atoms with Gasteiger partial charge in [0.05, 0.1) is 11.7 Å². The van der Waals surface area contributed by atoms with E-state index in [9.17, 15) is 15.0 Å². The number of phenols is 1. The fraction of sp³-hybridized carbons (Fsp3) is 0.350. The Morgan fingerprint density at radius 1 is 1.04 bits per heavy atom. The first-order valence-electron chi connectivity index (χ1n) is 8.59. The number of carbonyl (C=O) groups excluding carboxylic acids is 1. The van der Waals surface area contributed by atoms with Crippen LogP contribution in [0.4, 0.5) is 0 Å². The first-order valence-corrected chi connectivity index (χ1v) is 8.59. The Morgan fingerprint density at radius 2 is 1.68 bits per heavy atom. The van der Waals surface area contributed by atoms with E-state index < -0.39 is 6.10 Å². The molecule has 2 aromatic carbocycles. The van der Waals surface area contributed by atoms with Crippen LogP contribution in [0.25, 0.3) is 0 Å². The van der Waals surface area contributed by atoms with Crippen molar-refractivity contribution in [1.29, 1.82) is 0 Å². The van der Waals surface area contributed by atoms with Crippen LogP contribution in [0.3, 0.4) is 0 Å². The minimum Gasteiger partial charge on any atom is -0.507 e. The van der Waals surface area contributed by atoms with Gasteiger partial charge in [-0.05, 0) is 30.2 Å². The van der Waals surface area contributed by atoms with E-state index >= 15 is 0 Å². The number of piperazine rings is 1. The number of amides is 1. The molecule has 1 fully saturated rings. The Balaban J connectivity index is 1.56. The van der Waals surface area contributed by atoms with Gasteiger partial charge >= 0.3 is 0 Å². The zero-order valence-electron chi connectivity index (χ0n) is 14.4. The second-order valence-electron chi connectivity index (χ2n) is 6.48. The van der Waals surface area contributed by atoms with Crippen molar-refractivity contribution in [2.45, 2.75) is 13.0 Å². The lowest BCUT2D eigenvalue weighted by molar-refractivity contribution is 0.0524. The topological polar surface area (TPSA) is 64.0 Å². The van der Waals surface area contributed by atoms with Crippen molar-refractivity contribution in [3.8, 4) is 5.75 Å². The Kier molecular flexibility index (Phi) is 5.36. The number of hydrogen-bond donors (Lipinski definition) is 2. The molecule has 1 aliphatic heterocycles. The number of nitrogens with zero attached hydrogens (tertiary/aromatic N) is 2. The fourth-order valence-electron chi connectivity index (χ4n) is 3.26. The maximum absolute atomic E-state index is 12.5. The smallest absolute Gasteiger partial charge is 0.257 e. The summed E-state index contributed by atoms with van der Waals surface area (Å²) in [6.07, 6.45) is -0.526. The number of hydrogen-bond acceptors (Lipinski definition) is 4. The number of carbonyl (C=O) groups is 1. The van der Waals surface area contributed by atoms with Crippen molar-refractivity contribution in [3.05, 3.63) is 65.2 Å². The van der Waals surface area contributed by atoms with Crippen LogP contribution >= 0.6 is 0 Å². The molecular weight excluding hydrogens is 316 g/mol. The van der Waals surface area contributed by atoms with E-state index in [1.165, 1.54) is 6.07 Å². The molecule has 1 aliphatic rings. The van der Waals surface area contributed by atoms with Crippen LogP contribution in [0.15, 0.2) is 48.5 Å². The van der Waals surface area contributed by atoms with Gasteiger partial charge < -0.3 is 15.1 Å². The van der Waals surface area contributed by atoms with Crippen molar-refractivity contribution in [1.82, 2.24) is 9.80 Å². The zero-order chi connectivity index (χ0) is 17.8. The molecule has 1 atom stereocenters. The molecule has 25 heavy (non-hydrogen) atoms. The molecule has 2 N–H and O–H groups in total. The number of aromatic hydroxyl groups is 1. The number of benzene rings is 2.